The third kappa shape index (κ3) is 8.10. The van der Waals surface area contributed by atoms with Crippen LogP contribution in [0.25, 0.3) is 0 Å². The summed E-state index contributed by atoms with van der Waals surface area (Å²) in [5, 5.41) is 9.53. The first-order chi connectivity index (χ1) is 8.58. The number of aliphatic hydroxyl groups excluding tert-OH is 1. The minimum Gasteiger partial charge on any atom is -0.394 e. The first-order valence-corrected chi connectivity index (χ1v) is 7.94. The largest absolute Gasteiger partial charge is 0.394 e. The predicted octanol–water partition coefficient (Wildman–Crippen LogP) is 4.22. The average Bonchev–Trinajstić information content (AvgIpc) is 2.36. The lowest BCUT2D eigenvalue weighted by molar-refractivity contribution is 0.0539. The summed E-state index contributed by atoms with van der Waals surface area (Å²) < 4.78 is 0. The highest BCUT2D eigenvalue weighted by molar-refractivity contribution is 4.80. The molecule has 0 unspecified atom stereocenters. The van der Waals surface area contributed by atoms with Gasteiger partial charge in [-0.05, 0) is 39.8 Å². The summed E-state index contributed by atoms with van der Waals surface area (Å²) in [4.78, 5) is 2.48. The molecule has 0 amide bonds. The van der Waals surface area contributed by atoms with Crippen LogP contribution in [0.15, 0.2) is 0 Å². The second-order valence-electron chi connectivity index (χ2n) is 6.08. The predicted molar refractivity (Wildman–Crippen MR) is 81.0 cm³/mol. The van der Waals surface area contributed by atoms with Crippen LogP contribution in [0.4, 0.5) is 0 Å². The number of hydrogen-bond donors (Lipinski definition) is 1. The quantitative estimate of drug-likeness (QED) is 0.529. The zero-order chi connectivity index (χ0) is 13.9. The van der Waals surface area contributed by atoms with Gasteiger partial charge in [0.25, 0.3) is 0 Å². The smallest absolute Gasteiger partial charge is 0.0610 e. The minimum absolute atomic E-state index is 0.0571. The van der Waals surface area contributed by atoms with Crippen molar-refractivity contribution in [2.75, 3.05) is 19.7 Å². The van der Waals surface area contributed by atoms with E-state index in [4.69, 9.17) is 0 Å². The van der Waals surface area contributed by atoms with Gasteiger partial charge in [-0.25, -0.2) is 0 Å². The van der Waals surface area contributed by atoms with Crippen molar-refractivity contribution in [1.82, 2.24) is 4.90 Å². The molecule has 0 heterocycles. The van der Waals surface area contributed by atoms with Crippen LogP contribution in [-0.4, -0.2) is 35.2 Å². The Balaban J connectivity index is 4.00. The van der Waals surface area contributed by atoms with Gasteiger partial charge in [0.05, 0.1) is 6.61 Å². The molecule has 0 saturated carbocycles. The Labute approximate surface area is 115 Å². The van der Waals surface area contributed by atoms with Crippen LogP contribution in [-0.2, 0) is 0 Å². The normalized spacial score (nSPS) is 12.3. The molecule has 0 saturated heterocycles. The molecule has 0 aliphatic carbocycles. The maximum Gasteiger partial charge on any atom is 0.0610 e. The van der Waals surface area contributed by atoms with Gasteiger partial charge in [0.2, 0.25) is 0 Å². The Hall–Kier alpha value is -0.0800. The summed E-state index contributed by atoms with van der Waals surface area (Å²) in [6.07, 6.45) is 10.4. The van der Waals surface area contributed by atoms with Crippen LogP contribution in [0, 0.1) is 0 Å². The van der Waals surface area contributed by atoms with E-state index in [0.717, 1.165) is 13.1 Å². The van der Waals surface area contributed by atoms with Crippen molar-refractivity contribution in [3.63, 3.8) is 0 Å². The molecule has 0 aromatic carbocycles. The Morgan fingerprint density at radius 3 is 1.56 bits per heavy atom. The fourth-order valence-corrected chi connectivity index (χ4v) is 2.28. The first kappa shape index (κ1) is 17.9. The van der Waals surface area contributed by atoms with Gasteiger partial charge in [0, 0.05) is 5.54 Å². The first-order valence-electron chi connectivity index (χ1n) is 7.94. The summed E-state index contributed by atoms with van der Waals surface area (Å²) in [7, 11) is 0. The molecule has 1 N–H and O–H groups in total. The highest BCUT2D eigenvalue weighted by Gasteiger charge is 2.24. The van der Waals surface area contributed by atoms with Crippen molar-refractivity contribution < 1.29 is 5.11 Å². The molecule has 110 valence electrons. The molecule has 0 fully saturated rings. The number of nitrogens with zero attached hydrogens (tertiary/aromatic N) is 1. The lowest BCUT2D eigenvalue weighted by atomic mass is 10.0. The van der Waals surface area contributed by atoms with Crippen LogP contribution in [0.5, 0.6) is 0 Å². The zero-order valence-corrected chi connectivity index (χ0v) is 13.2. The monoisotopic (exact) mass is 257 g/mol. The standard InChI is InChI=1S/C16H35NO/c1-5-7-9-11-13-17(16(3,4)15-18)14-12-10-8-6-2/h18H,5-15H2,1-4H3. The Bertz CT molecular complexity index is 168. The van der Waals surface area contributed by atoms with Crippen molar-refractivity contribution in [2.45, 2.75) is 84.6 Å². The molecule has 0 bridgehead atoms. The van der Waals surface area contributed by atoms with Crippen LogP contribution in [0.2, 0.25) is 0 Å². The van der Waals surface area contributed by atoms with E-state index < -0.39 is 0 Å². The second kappa shape index (κ2) is 10.8. The van der Waals surface area contributed by atoms with E-state index in [1.54, 1.807) is 0 Å². The molecule has 2 heteroatoms. The second-order valence-corrected chi connectivity index (χ2v) is 6.08. The molecule has 0 aliphatic heterocycles. The summed E-state index contributed by atoms with van der Waals surface area (Å²) in [5.41, 5.74) is -0.0571. The highest BCUT2D eigenvalue weighted by Crippen LogP contribution is 2.16. The van der Waals surface area contributed by atoms with Gasteiger partial charge < -0.3 is 5.11 Å². The van der Waals surface area contributed by atoms with E-state index in [9.17, 15) is 5.11 Å². The number of unbranched alkanes of at least 4 members (excludes halogenated alkanes) is 6. The maximum atomic E-state index is 9.53. The van der Waals surface area contributed by atoms with Crippen molar-refractivity contribution in [2.24, 2.45) is 0 Å². The number of hydrogen-bond acceptors (Lipinski definition) is 2. The zero-order valence-electron chi connectivity index (χ0n) is 13.2. The maximum absolute atomic E-state index is 9.53. The third-order valence-electron chi connectivity index (χ3n) is 3.81. The Kier molecular flexibility index (Phi) is 10.8. The number of aliphatic hydroxyl groups is 1. The Morgan fingerprint density at radius 1 is 0.778 bits per heavy atom. The van der Waals surface area contributed by atoms with Gasteiger partial charge in [0.1, 0.15) is 0 Å². The molecular formula is C16H35NO. The molecule has 0 aliphatic rings. The van der Waals surface area contributed by atoms with Gasteiger partial charge in [-0.1, -0.05) is 52.4 Å². The molecule has 18 heavy (non-hydrogen) atoms. The molecule has 0 aromatic rings. The summed E-state index contributed by atoms with van der Waals surface area (Å²) in [5.74, 6) is 0. The Morgan fingerprint density at radius 2 is 1.22 bits per heavy atom. The van der Waals surface area contributed by atoms with Crippen molar-refractivity contribution in [3.05, 3.63) is 0 Å². The van der Waals surface area contributed by atoms with Crippen LogP contribution in [0.1, 0.15) is 79.1 Å². The summed E-state index contributed by atoms with van der Waals surface area (Å²) in [6, 6.07) is 0. The molecule has 2 nitrogen and oxygen atoms in total. The lowest BCUT2D eigenvalue weighted by Gasteiger charge is -2.37. The van der Waals surface area contributed by atoms with E-state index in [1.165, 1.54) is 51.4 Å². The highest BCUT2D eigenvalue weighted by atomic mass is 16.3. The number of rotatable bonds is 12. The van der Waals surface area contributed by atoms with E-state index in [-0.39, 0.29) is 12.1 Å². The lowest BCUT2D eigenvalue weighted by Crippen LogP contribution is -2.47. The topological polar surface area (TPSA) is 23.5 Å². The summed E-state index contributed by atoms with van der Waals surface area (Å²) in [6.45, 7) is 11.4. The van der Waals surface area contributed by atoms with Crippen LogP contribution < -0.4 is 0 Å². The van der Waals surface area contributed by atoms with Crippen LogP contribution >= 0.6 is 0 Å². The average molecular weight is 257 g/mol. The van der Waals surface area contributed by atoms with Gasteiger partial charge in [-0.2, -0.15) is 0 Å². The minimum atomic E-state index is -0.0571. The van der Waals surface area contributed by atoms with Gasteiger partial charge in [-0.3, -0.25) is 4.90 Å². The van der Waals surface area contributed by atoms with E-state index in [2.05, 4.69) is 32.6 Å². The molecule has 0 radical (unpaired) electrons. The molecule has 0 rings (SSSR count). The molecule has 0 atom stereocenters. The molecule has 0 aromatic heterocycles. The fourth-order valence-electron chi connectivity index (χ4n) is 2.28. The van der Waals surface area contributed by atoms with Crippen LogP contribution in [0.3, 0.4) is 0 Å². The fraction of sp³-hybridized carbons (Fsp3) is 1.00. The SMILES string of the molecule is CCCCCCN(CCCCCC)C(C)(C)CO. The molecule has 0 spiro atoms. The molecular weight excluding hydrogens is 222 g/mol. The van der Waals surface area contributed by atoms with Gasteiger partial charge >= 0.3 is 0 Å². The van der Waals surface area contributed by atoms with E-state index >= 15 is 0 Å². The van der Waals surface area contributed by atoms with E-state index in [1.807, 2.05) is 0 Å². The van der Waals surface area contributed by atoms with Gasteiger partial charge in [0.15, 0.2) is 0 Å². The van der Waals surface area contributed by atoms with Crippen molar-refractivity contribution in [1.29, 1.82) is 0 Å². The van der Waals surface area contributed by atoms with E-state index in [0.29, 0.717) is 0 Å². The van der Waals surface area contributed by atoms with Crippen molar-refractivity contribution >= 4 is 0 Å². The summed E-state index contributed by atoms with van der Waals surface area (Å²) >= 11 is 0. The third-order valence-corrected chi connectivity index (χ3v) is 3.81. The van der Waals surface area contributed by atoms with Crippen molar-refractivity contribution in [3.8, 4) is 0 Å². The van der Waals surface area contributed by atoms with Gasteiger partial charge in [-0.15, -0.1) is 0 Å².